The van der Waals surface area contributed by atoms with E-state index in [4.69, 9.17) is 4.74 Å². The van der Waals surface area contributed by atoms with E-state index in [1.807, 2.05) is 11.5 Å². The van der Waals surface area contributed by atoms with Crippen LogP contribution in [0.3, 0.4) is 0 Å². The van der Waals surface area contributed by atoms with Gasteiger partial charge in [0.2, 0.25) is 0 Å². The van der Waals surface area contributed by atoms with Gasteiger partial charge in [-0.25, -0.2) is 0 Å². The van der Waals surface area contributed by atoms with Gasteiger partial charge >= 0.3 is 5.97 Å². The molecule has 0 atom stereocenters. The van der Waals surface area contributed by atoms with Gasteiger partial charge in [0.25, 0.3) is 5.91 Å². The number of carbonyl (C=O) groups excluding carboxylic acids is 2. The van der Waals surface area contributed by atoms with E-state index >= 15 is 0 Å². The second-order valence-electron chi connectivity index (χ2n) is 7.09. The summed E-state index contributed by atoms with van der Waals surface area (Å²) in [6.07, 6.45) is 1.99. The highest BCUT2D eigenvalue weighted by Gasteiger charge is 2.23. The van der Waals surface area contributed by atoms with Crippen LogP contribution >= 0.6 is 0 Å². The number of ether oxygens (including phenoxy) is 1. The molecule has 2 aromatic rings. The number of hydrogen-bond acceptors (Lipinski definition) is 3. The molecule has 2 rings (SSSR count). The zero-order valence-corrected chi connectivity index (χ0v) is 17.0. The molecule has 0 N–H and O–H groups in total. The van der Waals surface area contributed by atoms with Gasteiger partial charge in [0.15, 0.2) is 0 Å². The average molecular weight is 370 g/mol. The Bertz CT molecular complexity index is 849. The number of aryl methyl sites for hydroxylation is 1. The van der Waals surface area contributed by atoms with Crippen molar-refractivity contribution in [3.05, 3.63) is 47.7 Å². The molecule has 0 spiro atoms. The van der Waals surface area contributed by atoms with Crippen LogP contribution in [0.5, 0.6) is 0 Å². The van der Waals surface area contributed by atoms with E-state index in [0.29, 0.717) is 31.3 Å². The van der Waals surface area contributed by atoms with Crippen molar-refractivity contribution >= 4 is 22.8 Å². The van der Waals surface area contributed by atoms with E-state index in [2.05, 4.69) is 38.6 Å². The fourth-order valence-corrected chi connectivity index (χ4v) is 3.27. The fourth-order valence-electron chi connectivity index (χ4n) is 3.27. The minimum absolute atomic E-state index is 0.0963. The van der Waals surface area contributed by atoms with Crippen molar-refractivity contribution in [1.82, 2.24) is 9.47 Å². The Hall–Kier alpha value is -2.56. The smallest absolute Gasteiger partial charge is 0.307 e. The van der Waals surface area contributed by atoms with Gasteiger partial charge in [0, 0.05) is 31.0 Å². The molecular weight excluding hydrogens is 340 g/mol. The minimum Gasteiger partial charge on any atom is -0.466 e. The number of rotatable bonds is 8. The molecule has 0 unspecified atom stereocenters. The van der Waals surface area contributed by atoms with Gasteiger partial charge in [0.1, 0.15) is 5.69 Å². The van der Waals surface area contributed by atoms with Crippen LogP contribution in [0.4, 0.5) is 0 Å². The van der Waals surface area contributed by atoms with Crippen molar-refractivity contribution in [1.29, 1.82) is 0 Å². The molecular formula is C22H30N2O3. The topological polar surface area (TPSA) is 51.5 Å². The van der Waals surface area contributed by atoms with Crippen LogP contribution in [0.25, 0.3) is 10.9 Å². The molecule has 0 fully saturated rings. The van der Waals surface area contributed by atoms with Gasteiger partial charge in [-0.15, -0.1) is 6.58 Å². The number of amides is 1. The summed E-state index contributed by atoms with van der Waals surface area (Å²) in [4.78, 5) is 26.3. The summed E-state index contributed by atoms with van der Waals surface area (Å²) in [7, 11) is 1.72. The van der Waals surface area contributed by atoms with Crippen LogP contribution in [0.1, 0.15) is 54.7 Å². The predicted octanol–water partition coefficient (Wildman–Crippen LogP) is 4.28. The van der Waals surface area contributed by atoms with Gasteiger partial charge < -0.3 is 14.2 Å². The second kappa shape index (κ2) is 8.89. The van der Waals surface area contributed by atoms with Crippen LogP contribution in [-0.4, -0.2) is 41.5 Å². The number of allylic oxidation sites excluding steroid dienone is 1. The SMILES string of the molecule is C=CCn1c(C(=O)N(C)CCC(=O)OCC)c(C)c2cc(C(C)C)ccc21. The minimum atomic E-state index is -0.290. The summed E-state index contributed by atoms with van der Waals surface area (Å²) in [5.41, 5.74) is 3.88. The summed E-state index contributed by atoms with van der Waals surface area (Å²) >= 11 is 0. The van der Waals surface area contributed by atoms with Crippen molar-refractivity contribution in [2.75, 3.05) is 20.2 Å². The maximum atomic E-state index is 13.1. The molecule has 5 nitrogen and oxygen atoms in total. The van der Waals surface area contributed by atoms with E-state index in [9.17, 15) is 9.59 Å². The Balaban J connectivity index is 2.41. The summed E-state index contributed by atoms with van der Waals surface area (Å²) in [5.74, 6) is 0.0333. The second-order valence-corrected chi connectivity index (χ2v) is 7.09. The molecule has 1 heterocycles. The lowest BCUT2D eigenvalue weighted by Crippen LogP contribution is -2.31. The third kappa shape index (κ3) is 4.41. The molecule has 1 aromatic heterocycles. The third-order valence-corrected chi connectivity index (χ3v) is 4.82. The highest BCUT2D eigenvalue weighted by atomic mass is 16.5. The summed E-state index contributed by atoms with van der Waals surface area (Å²) in [6.45, 7) is 13.1. The lowest BCUT2D eigenvalue weighted by atomic mass is 10.0. The quantitative estimate of drug-likeness (QED) is 0.515. The molecule has 0 aliphatic rings. The Labute approximate surface area is 161 Å². The first-order valence-corrected chi connectivity index (χ1v) is 9.46. The molecule has 0 aliphatic heterocycles. The number of esters is 1. The van der Waals surface area contributed by atoms with Crippen molar-refractivity contribution in [3.8, 4) is 0 Å². The monoisotopic (exact) mass is 370 g/mol. The zero-order chi connectivity index (χ0) is 20.1. The molecule has 5 heteroatoms. The Morgan fingerprint density at radius 3 is 2.63 bits per heavy atom. The van der Waals surface area contributed by atoms with Crippen LogP contribution in [0.15, 0.2) is 30.9 Å². The summed E-state index contributed by atoms with van der Waals surface area (Å²) < 4.78 is 6.96. The molecule has 0 radical (unpaired) electrons. The number of carbonyl (C=O) groups is 2. The normalized spacial score (nSPS) is 11.0. The molecule has 0 saturated heterocycles. The van der Waals surface area contributed by atoms with E-state index < -0.39 is 0 Å². The summed E-state index contributed by atoms with van der Waals surface area (Å²) in [5, 5.41) is 1.09. The Morgan fingerprint density at radius 2 is 2.04 bits per heavy atom. The molecule has 0 aliphatic carbocycles. The number of aromatic nitrogens is 1. The Morgan fingerprint density at radius 1 is 1.33 bits per heavy atom. The molecule has 1 amide bonds. The Kier molecular flexibility index (Phi) is 6.83. The number of nitrogens with zero attached hydrogens (tertiary/aromatic N) is 2. The first-order chi connectivity index (χ1) is 12.8. The maximum absolute atomic E-state index is 13.1. The third-order valence-electron chi connectivity index (χ3n) is 4.82. The molecule has 0 bridgehead atoms. The van der Waals surface area contributed by atoms with E-state index in [1.54, 1.807) is 24.9 Å². The van der Waals surface area contributed by atoms with Gasteiger partial charge in [-0.05, 0) is 43.0 Å². The molecule has 0 saturated carbocycles. The van der Waals surface area contributed by atoms with Gasteiger partial charge in [-0.1, -0.05) is 26.0 Å². The van der Waals surface area contributed by atoms with Crippen LogP contribution < -0.4 is 0 Å². The first kappa shape index (κ1) is 20.7. The van der Waals surface area contributed by atoms with Gasteiger partial charge in [-0.2, -0.15) is 0 Å². The van der Waals surface area contributed by atoms with Crippen molar-refractivity contribution < 1.29 is 14.3 Å². The van der Waals surface area contributed by atoms with Crippen molar-refractivity contribution in [3.63, 3.8) is 0 Å². The molecule has 146 valence electrons. The highest BCUT2D eigenvalue weighted by Crippen LogP contribution is 2.30. The van der Waals surface area contributed by atoms with Crippen LogP contribution in [0.2, 0.25) is 0 Å². The first-order valence-electron chi connectivity index (χ1n) is 9.46. The van der Waals surface area contributed by atoms with E-state index in [1.165, 1.54) is 5.56 Å². The molecule has 27 heavy (non-hydrogen) atoms. The zero-order valence-electron chi connectivity index (χ0n) is 17.0. The van der Waals surface area contributed by atoms with Gasteiger partial charge in [-0.3, -0.25) is 9.59 Å². The van der Waals surface area contributed by atoms with Crippen LogP contribution in [0, 0.1) is 6.92 Å². The van der Waals surface area contributed by atoms with Crippen molar-refractivity contribution in [2.45, 2.75) is 46.6 Å². The molecule has 1 aromatic carbocycles. The highest BCUT2D eigenvalue weighted by molar-refractivity contribution is 6.01. The van der Waals surface area contributed by atoms with E-state index in [-0.39, 0.29) is 18.3 Å². The number of fused-ring (bicyclic) bond motifs is 1. The van der Waals surface area contributed by atoms with Crippen LogP contribution in [-0.2, 0) is 16.1 Å². The maximum Gasteiger partial charge on any atom is 0.307 e. The largest absolute Gasteiger partial charge is 0.466 e. The lowest BCUT2D eigenvalue weighted by molar-refractivity contribution is -0.143. The van der Waals surface area contributed by atoms with E-state index in [0.717, 1.165) is 16.5 Å². The number of benzene rings is 1. The van der Waals surface area contributed by atoms with Crippen molar-refractivity contribution in [2.24, 2.45) is 0 Å². The lowest BCUT2D eigenvalue weighted by Gasteiger charge is -2.18. The summed E-state index contributed by atoms with van der Waals surface area (Å²) in [6, 6.07) is 6.37. The van der Waals surface area contributed by atoms with Gasteiger partial charge in [0.05, 0.1) is 13.0 Å². The standard InChI is InChI=1S/C22H30N2O3/c1-7-12-24-19-10-9-17(15(3)4)14-18(19)16(5)21(24)22(26)23(6)13-11-20(25)27-8-2/h7,9-10,14-15H,1,8,11-13H2,2-6H3. The number of hydrogen-bond donors (Lipinski definition) is 0. The predicted molar refractivity (Wildman–Crippen MR) is 109 cm³/mol. The fraction of sp³-hybridized carbons (Fsp3) is 0.455. The average Bonchev–Trinajstić information content (AvgIpc) is 2.91.